The molecule has 0 saturated heterocycles. The normalized spacial score (nSPS) is 21.9. The van der Waals surface area contributed by atoms with Gasteiger partial charge < -0.3 is 10.6 Å². The third-order valence-corrected chi connectivity index (χ3v) is 5.92. The van der Waals surface area contributed by atoms with Crippen molar-refractivity contribution in [2.75, 3.05) is 10.6 Å². The van der Waals surface area contributed by atoms with Gasteiger partial charge in [-0.3, -0.25) is 0 Å². The van der Waals surface area contributed by atoms with Gasteiger partial charge in [-0.15, -0.1) is 0 Å². The van der Waals surface area contributed by atoms with Crippen LogP contribution in [-0.4, -0.2) is 0 Å². The Hall–Kier alpha value is -1.93. The van der Waals surface area contributed by atoms with Crippen molar-refractivity contribution in [2.24, 2.45) is 5.92 Å². The molecule has 2 nitrogen and oxygen atoms in total. The van der Waals surface area contributed by atoms with Gasteiger partial charge in [0.15, 0.2) is 0 Å². The number of benzene rings is 2. The van der Waals surface area contributed by atoms with E-state index in [4.69, 9.17) is 11.6 Å². The number of rotatable bonds is 2. The van der Waals surface area contributed by atoms with Crippen LogP contribution in [0.25, 0.3) is 0 Å². The standard InChI is InChI=1S/C21H23ClN2/c1-12-7-8-15-14(3)18(22)10-9-16(15)21(12)24-20-6-4-5-19-17(20)11-13(2)23-19/h4-6,9-10,12,21,23-24H,2,7-8,11H2,1,3H3. The first kappa shape index (κ1) is 15.6. The number of anilines is 2. The summed E-state index contributed by atoms with van der Waals surface area (Å²) in [5.74, 6) is 0.589. The summed E-state index contributed by atoms with van der Waals surface area (Å²) in [5, 5.41) is 8.08. The maximum atomic E-state index is 6.34. The van der Waals surface area contributed by atoms with E-state index in [-0.39, 0.29) is 0 Å². The molecular weight excluding hydrogens is 316 g/mol. The first-order valence-corrected chi connectivity index (χ1v) is 9.03. The Bertz CT molecular complexity index is 825. The van der Waals surface area contributed by atoms with Crippen LogP contribution in [0.5, 0.6) is 0 Å². The van der Waals surface area contributed by atoms with E-state index >= 15 is 0 Å². The van der Waals surface area contributed by atoms with E-state index < -0.39 is 0 Å². The molecule has 1 aliphatic heterocycles. The number of hydrogen-bond donors (Lipinski definition) is 2. The van der Waals surface area contributed by atoms with Gasteiger partial charge >= 0.3 is 0 Å². The fourth-order valence-corrected chi connectivity index (χ4v) is 4.26. The number of fused-ring (bicyclic) bond motifs is 2. The molecule has 124 valence electrons. The van der Waals surface area contributed by atoms with E-state index in [1.54, 1.807) is 0 Å². The number of nitrogens with one attached hydrogen (secondary N) is 2. The Morgan fingerprint density at radius 2 is 2.04 bits per heavy atom. The summed E-state index contributed by atoms with van der Waals surface area (Å²) in [5.41, 5.74) is 8.86. The third kappa shape index (κ3) is 2.50. The molecule has 2 aromatic carbocycles. The van der Waals surface area contributed by atoms with Gasteiger partial charge in [0.05, 0.1) is 6.04 Å². The maximum Gasteiger partial charge on any atom is 0.0542 e. The summed E-state index contributed by atoms with van der Waals surface area (Å²) in [4.78, 5) is 0. The number of allylic oxidation sites excluding steroid dienone is 1. The quantitative estimate of drug-likeness (QED) is 0.716. The molecule has 0 amide bonds. The molecule has 1 heterocycles. The largest absolute Gasteiger partial charge is 0.378 e. The highest BCUT2D eigenvalue weighted by molar-refractivity contribution is 6.31. The zero-order valence-corrected chi connectivity index (χ0v) is 15.0. The summed E-state index contributed by atoms with van der Waals surface area (Å²) in [7, 11) is 0. The highest BCUT2D eigenvalue weighted by Gasteiger charge is 2.29. The number of halogens is 1. The van der Waals surface area contributed by atoms with Gasteiger partial charge in [-0.05, 0) is 60.6 Å². The lowest BCUT2D eigenvalue weighted by Crippen LogP contribution is -2.26. The monoisotopic (exact) mass is 338 g/mol. The van der Waals surface area contributed by atoms with E-state index in [1.807, 2.05) is 6.07 Å². The second-order valence-corrected chi connectivity index (χ2v) is 7.52. The fraction of sp³-hybridized carbons (Fsp3) is 0.333. The summed E-state index contributed by atoms with van der Waals surface area (Å²) >= 11 is 6.34. The van der Waals surface area contributed by atoms with E-state index in [0.717, 1.165) is 23.6 Å². The second-order valence-electron chi connectivity index (χ2n) is 7.12. The molecule has 2 N–H and O–H groups in total. The minimum atomic E-state index is 0.324. The summed E-state index contributed by atoms with van der Waals surface area (Å²) in [6, 6.07) is 11.0. The molecule has 4 rings (SSSR count). The lowest BCUT2D eigenvalue weighted by atomic mass is 9.79. The molecule has 24 heavy (non-hydrogen) atoms. The van der Waals surface area contributed by atoms with Crippen LogP contribution in [0, 0.1) is 12.8 Å². The van der Waals surface area contributed by atoms with Crippen LogP contribution in [-0.2, 0) is 12.8 Å². The molecule has 2 atom stereocenters. The fourth-order valence-electron chi connectivity index (χ4n) is 4.08. The molecule has 2 aromatic rings. The summed E-state index contributed by atoms with van der Waals surface area (Å²) < 4.78 is 0. The van der Waals surface area contributed by atoms with Gasteiger partial charge in [-0.25, -0.2) is 0 Å². The van der Waals surface area contributed by atoms with Gasteiger partial charge in [0.25, 0.3) is 0 Å². The minimum Gasteiger partial charge on any atom is -0.378 e. The van der Waals surface area contributed by atoms with Gasteiger partial charge in [0, 0.05) is 34.1 Å². The highest BCUT2D eigenvalue weighted by atomic mass is 35.5. The molecule has 0 bridgehead atoms. The van der Waals surface area contributed by atoms with Crippen molar-refractivity contribution in [3.8, 4) is 0 Å². The molecule has 0 fully saturated rings. The second kappa shape index (κ2) is 5.86. The predicted octanol–water partition coefficient (Wildman–Crippen LogP) is 5.87. The zero-order valence-electron chi connectivity index (χ0n) is 14.2. The Labute approximate surface area is 148 Å². The Kier molecular flexibility index (Phi) is 3.80. The molecule has 2 aliphatic rings. The molecular formula is C21H23ClN2. The zero-order chi connectivity index (χ0) is 16.8. The van der Waals surface area contributed by atoms with Crippen molar-refractivity contribution in [1.29, 1.82) is 0 Å². The van der Waals surface area contributed by atoms with Crippen molar-refractivity contribution in [1.82, 2.24) is 0 Å². The topological polar surface area (TPSA) is 24.1 Å². The van der Waals surface area contributed by atoms with Crippen molar-refractivity contribution < 1.29 is 0 Å². The lowest BCUT2D eigenvalue weighted by Gasteiger charge is -2.34. The average Bonchev–Trinajstić information content (AvgIpc) is 2.94. The smallest absolute Gasteiger partial charge is 0.0542 e. The first-order valence-electron chi connectivity index (χ1n) is 8.65. The van der Waals surface area contributed by atoms with Crippen LogP contribution in [0.1, 0.15) is 41.6 Å². The van der Waals surface area contributed by atoms with Gasteiger partial charge in [-0.1, -0.05) is 37.2 Å². The van der Waals surface area contributed by atoms with Gasteiger partial charge in [-0.2, -0.15) is 0 Å². The first-order chi connectivity index (χ1) is 11.5. The van der Waals surface area contributed by atoms with E-state index in [1.165, 1.54) is 40.0 Å². The highest BCUT2D eigenvalue weighted by Crippen LogP contribution is 2.42. The Balaban J connectivity index is 1.73. The van der Waals surface area contributed by atoms with Crippen LogP contribution in [0.4, 0.5) is 11.4 Å². The van der Waals surface area contributed by atoms with Crippen molar-refractivity contribution in [3.05, 3.63) is 69.9 Å². The average molecular weight is 339 g/mol. The predicted molar refractivity (Wildman–Crippen MR) is 103 cm³/mol. The van der Waals surface area contributed by atoms with Crippen molar-refractivity contribution >= 4 is 23.0 Å². The molecule has 3 heteroatoms. The molecule has 2 unspecified atom stereocenters. The molecule has 0 spiro atoms. The molecule has 0 saturated carbocycles. The van der Waals surface area contributed by atoms with Crippen LogP contribution in [0.15, 0.2) is 42.6 Å². The van der Waals surface area contributed by atoms with Crippen LogP contribution in [0.3, 0.4) is 0 Å². The lowest BCUT2D eigenvalue weighted by molar-refractivity contribution is 0.433. The maximum absolute atomic E-state index is 6.34. The van der Waals surface area contributed by atoms with E-state index in [9.17, 15) is 0 Å². The van der Waals surface area contributed by atoms with Crippen molar-refractivity contribution in [2.45, 2.75) is 39.2 Å². The SMILES string of the molecule is C=C1Cc2c(cccc2NC2c3ccc(Cl)c(C)c3CCC2C)N1. The van der Waals surface area contributed by atoms with Crippen LogP contribution in [0.2, 0.25) is 5.02 Å². The third-order valence-electron chi connectivity index (χ3n) is 5.51. The summed E-state index contributed by atoms with van der Waals surface area (Å²) in [6.45, 7) is 8.55. The van der Waals surface area contributed by atoms with Crippen LogP contribution < -0.4 is 10.6 Å². The van der Waals surface area contributed by atoms with E-state index in [2.05, 4.69) is 55.3 Å². The van der Waals surface area contributed by atoms with Gasteiger partial charge in [0.1, 0.15) is 0 Å². The summed E-state index contributed by atoms with van der Waals surface area (Å²) in [6.07, 6.45) is 3.20. The number of hydrogen-bond acceptors (Lipinski definition) is 2. The molecule has 1 aliphatic carbocycles. The van der Waals surface area contributed by atoms with Crippen LogP contribution >= 0.6 is 11.6 Å². The minimum absolute atomic E-state index is 0.324. The van der Waals surface area contributed by atoms with Crippen molar-refractivity contribution in [3.63, 3.8) is 0 Å². The molecule has 0 aromatic heterocycles. The van der Waals surface area contributed by atoms with Gasteiger partial charge in [0.2, 0.25) is 0 Å². The Morgan fingerprint density at radius 1 is 1.21 bits per heavy atom. The molecule has 0 radical (unpaired) electrons. The Morgan fingerprint density at radius 3 is 2.88 bits per heavy atom. The van der Waals surface area contributed by atoms with E-state index in [0.29, 0.717) is 12.0 Å².